The Labute approximate surface area is 173 Å². The van der Waals surface area contributed by atoms with Crippen molar-refractivity contribution in [2.75, 3.05) is 26.2 Å². The van der Waals surface area contributed by atoms with Gasteiger partial charge in [0.05, 0.1) is 11.4 Å². The molecule has 1 amide bonds. The number of aromatic amines is 1. The minimum absolute atomic E-state index is 0.236. The van der Waals surface area contributed by atoms with Gasteiger partial charge in [0.2, 0.25) is 15.9 Å². The van der Waals surface area contributed by atoms with Gasteiger partial charge in [-0.05, 0) is 75.5 Å². The monoisotopic (exact) mass is 420 g/mol. The first-order valence-corrected chi connectivity index (χ1v) is 12.5. The first-order chi connectivity index (χ1) is 13.8. The lowest BCUT2D eigenvalue weighted by Crippen LogP contribution is -2.53. The third-order valence-electron chi connectivity index (χ3n) is 7.94. The van der Waals surface area contributed by atoms with E-state index in [1.165, 1.54) is 42.8 Å². The lowest BCUT2D eigenvalue weighted by Gasteiger charge is -2.57. The molecule has 160 valence electrons. The molecule has 0 unspecified atom stereocenters. The number of aryl methyl sites for hydroxylation is 2. The molecule has 1 aliphatic heterocycles. The van der Waals surface area contributed by atoms with E-state index in [9.17, 15) is 13.2 Å². The van der Waals surface area contributed by atoms with Crippen LogP contribution in [0.2, 0.25) is 0 Å². The summed E-state index contributed by atoms with van der Waals surface area (Å²) in [6.45, 7) is 5.14. The number of nitrogens with one attached hydrogen (secondary N) is 1. The van der Waals surface area contributed by atoms with Crippen molar-refractivity contribution in [2.24, 2.45) is 23.2 Å². The average molecular weight is 421 g/mol. The number of H-pyrrole nitrogens is 1. The first-order valence-electron chi connectivity index (χ1n) is 11.1. The van der Waals surface area contributed by atoms with Gasteiger partial charge in [-0.15, -0.1) is 0 Å². The number of rotatable bonds is 4. The van der Waals surface area contributed by atoms with Crippen LogP contribution in [0, 0.1) is 37.0 Å². The molecule has 2 heterocycles. The van der Waals surface area contributed by atoms with Gasteiger partial charge in [0.1, 0.15) is 4.90 Å². The van der Waals surface area contributed by atoms with Crippen LogP contribution in [0.25, 0.3) is 0 Å². The molecule has 4 aliphatic carbocycles. The zero-order valence-corrected chi connectivity index (χ0v) is 18.3. The van der Waals surface area contributed by atoms with Gasteiger partial charge in [0.25, 0.3) is 0 Å². The van der Waals surface area contributed by atoms with Crippen LogP contribution in [-0.4, -0.2) is 59.9 Å². The van der Waals surface area contributed by atoms with E-state index in [1.807, 2.05) is 4.90 Å². The zero-order chi connectivity index (χ0) is 20.4. The van der Waals surface area contributed by atoms with E-state index in [0.717, 1.165) is 17.8 Å². The molecule has 4 bridgehead atoms. The van der Waals surface area contributed by atoms with Crippen LogP contribution < -0.4 is 0 Å². The predicted molar refractivity (Wildman–Crippen MR) is 109 cm³/mol. The maximum absolute atomic E-state index is 13.1. The highest BCUT2D eigenvalue weighted by molar-refractivity contribution is 7.89. The van der Waals surface area contributed by atoms with Crippen molar-refractivity contribution in [1.82, 2.24) is 19.4 Å². The minimum atomic E-state index is -3.57. The summed E-state index contributed by atoms with van der Waals surface area (Å²) in [4.78, 5) is 15.3. The van der Waals surface area contributed by atoms with Crippen LogP contribution >= 0.6 is 0 Å². The van der Waals surface area contributed by atoms with E-state index < -0.39 is 10.0 Å². The molecule has 4 saturated carbocycles. The van der Waals surface area contributed by atoms with Crippen molar-refractivity contribution in [3.05, 3.63) is 11.4 Å². The van der Waals surface area contributed by atoms with Crippen LogP contribution in [0.3, 0.4) is 0 Å². The van der Waals surface area contributed by atoms with Crippen molar-refractivity contribution in [3.8, 4) is 0 Å². The molecular weight excluding hydrogens is 388 g/mol. The molecule has 8 heteroatoms. The SMILES string of the molecule is Cc1n[nH]c(C)c1S(=O)(=O)N1CCN(C(=O)CC23CC4CC(CC(C4)C2)C3)CC1. The quantitative estimate of drug-likeness (QED) is 0.811. The first kappa shape index (κ1) is 19.5. The third kappa shape index (κ3) is 3.32. The van der Waals surface area contributed by atoms with Crippen molar-refractivity contribution in [1.29, 1.82) is 0 Å². The summed E-state index contributed by atoms with van der Waals surface area (Å²) < 4.78 is 27.6. The summed E-state index contributed by atoms with van der Waals surface area (Å²) in [5.41, 5.74) is 1.31. The second-order valence-corrected chi connectivity index (χ2v) is 12.0. The molecule has 0 aromatic carbocycles. The van der Waals surface area contributed by atoms with Gasteiger partial charge >= 0.3 is 0 Å². The van der Waals surface area contributed by atoms with E-state index >= 15 is 0 Å². The van der Waals surface area contributed by atoms with Gasteiger partial charge in [-0.1, -0.05) is 0 Å². The summed E-state index contributed by atoms with van der Waals surface area (Å²) in [5, 5.41) is 6.79. The number of piperazine rings is 1. The Morgan fingerprint density at radius 3 is 2.07 bits per heavy atom. The number of nitrogens with zero attached hydrogens (tertiary/aromatic N) is 3. The average Bonchev–Trinajstić information content (AvgIpc) is 2.99. The van der Waals surface area contributed by atoms with Crippen LogP contribution in [0.15, 0.2) is 4.90 Å². The standard InChI is InChI=1S/C21H32N4O3S/c1-14-20(15(2)23-22-14)29(27,28)25-5-3-24(4-6-25)19(26)13-21-10-16-7-17(11-21)9-18(8-16)12-21/h16-18H,3-13H2,1-2H3,(H,22,23). The second-order valence-electron chi connectivity index (χ2n) is 10.1. The Morgan fingerprint density at radius 2 is 1.59 bits per heavy atom. The fraction of sp³-hybridized carbons (Fsp3) is 0.810. The smallest absolute Gasteiger partial charge is 0.246 e. The Bertz CT molecular complexity index is 860. The highest BCUT2D eigenvalue weighted by atomic mass is 32.2. The maximum Gasteiger partial charge on any atom is 0.246 e. The van der Waals surface area contributed by atoms with Crippen molar-refractivity contribution in [2.45, 2.75) is 63.7 Å². The molecule has 6 rings (SSSR count). The molecule has 0 radical (unpaired) electrons. The van der Waals surface area contributed by atoms with E-state index in [4.69, 9.17) is 0 Å². The summed E-state index contributed by atoms with van der Waals surface area (Å²) in [6.07, 6.45) is 8.53. The minimum Gasteiger partial charge on any atom is -0.340 e. The summed E-state index contributed by atoms with van der Waals surface area (Å²) in [7, 11) is -3.57. The lowest BCUT2D eigenvalue weighted by atomic mass is 9.49. The number of carbonyl (C=O) groups excluding carboxylic acids is 1. The van der Waals surface area contributed by atoms with Crippen molar-refractivity contribution >= 4 is 15.9 Å². The maximum atomic E-state index is 13.1. The molecule has 1 aromatic rings. The number of carbonyl (C=O) groups is 1. The van der Waals surface area contributed by atoms with Crippen LogP contribution in [-0.2, 0) is 14.8 Å². The summed E-state index contributed by atoms with van der Waals surface area (Å²) >= 11 is 0. The molecule has 0 atom stereocenters. The lowest BCUT2D eigenvalue weighted by molar-refractivity contribution is -0.140. The van der Waals surface area contributed by atoms with Gasteiger partial charge in [-0.25, -0.2) is 8.42 Å². The van der Waals surface area contributed by atoms with Crippen LogP contribution in [0.5, 0.6) is 0 Å². The van der Waals surface area contributed by atoms with Gasteiger partial charge < -0.3 is 4.90 Å². The van der Waals surface area contributed by atoms with Gasteiger partial charge in [0, 0.05) is 32.6 Å². The van der Waals surface area contributed by atoms with Crippen molar-refractivity contribution < 1.29 is 13.2 Å². The third-order valence-corrected chi connectivity index (χ3v) is 10.1. The van der Waals surface area contributed by atoms with Crippen LogP contribution in [0.4, 0.5) is 0 Å². The summed E-state index contributed by atoms with van der Waals surface area (Å²) in [6, 6.07) is 0. The Balaban J connectivity index is 1.23. The Morgan fingerprint density at radius 1 is 1.03 bits per heavy atom. The molecule has 1 saturated heterocycles. The highest BCUT2D eigenvalue weighted by Crippen LogP contribution is 2.61. The molecule has 29 heavy (non-hydrogen) atoms. The molecule has 5 fully saturated rings. The molecule has 1 N–H and O–H groups in total. The number of aromatic nitrogens is 2. The largest absolute Gasteiger partial charge is 0.340 e. The van der Waals surface area contributed by atoms with Gasteiger partial charge in [-0.3, -0.25) is 9.89 Å². The highest BCUT2D eigenvalue weighted by Gasteiger charge is 2.51. The molecule has 7 nitrogen and oxygen atoms in total. The molecule has 5 aliphatic rings. The second kappa shape index (κ2) is 6.80. The molecule has 0 spiro atoms. The van der Waals surface area contributed by atoms with E-state index in [0.29, 0.717) is 44.0 Å². The number of hydrogen-bond acceptors (Lipinski definition) is 4. The fourth-order valence-corrected chi connectivity index (χ4v) is 8.92. The fourth-order valence-electron chi connectivity index (χ4n) is 7.17. The number of amides is 1. The Hall–Kier alpha value is -1.41. The Kier molecular flexibility index (Phi) is 4.59. The van der Waals surface area contributed by atoms with Crippen LogP contribution in [0.1, 0.15) is 56.3 Å². The van der Waals surface area contributed by atoms with E-state index in [2.05, 4.69) is 10.2 Å². The number of hydrogen-bond donors (Lipinski definition) is 1. The topological polar surface area (TPSA) is 86.4 Å². The normalized spacial score (nSPS) is 34.7. The summed E-state index contributed by atoms with van der Waals surface area (Å²) in [5.74, 6) is 2.77. The van der Waals surface area contributed by atoms with E-state index in [1.54, 1.807) is 13.8 Å². The van der Waals surface area contributed by atoms with Gasteiger partial charge in [0.15, 0.2) is 0 Å². The molecular formula is C21H32N4O3S. The predicted octanol–water partition coefficient (Wildman–Crippen LogP) is 2.47. The van der Waals surface area contributed by atoms with E-state index in [-0.39, 0.29) is 16.2 Å². The molecule has 1 aromatic heterocycles. The number of sulfonamides is 1. The van der Waals surface area contributed by atoms with Crippen molar-refractivity contribution in [3.63, 3.8) is 0 Å². The van der Waals surface area contributed by atoms with Gasteiger partial charge in [-0.2, -0.15) is 9.40 Å². The zero-order valence-electron chi connectivity index (χ0n) is 17.5.